The van der Waals surface area contributed by atoms with E-state index in [1.807, 2.05) is 0 Å². The molecule has 0 saturated carbocycles. The quantitative estimate of drug-likeness (QED) is 0.472. The predicted molar refractivity (Wildman–Crippen MR) is 82.9 cm³/mol. The normalized spacial score (nSPS) is 12.9. The van der Waals surface area contributed by atoms with E-state index in [9.17, 15) is 18.0 Å². The Morgan fingerprint density at radius 3 is 2.52 bits per heavy atom. The van der Waals surface area contributed by atoms with Gasteiger partial charge >= 0.3 is 6.18 Å². The van der Waals surface area contributed by atoms with Crippen LogP contribution in [0.1, 0.15) is 11.1 Å². The number of hydrogen-bond acceptors (Lipinski definition) is 3. The lowest BCUT2D eigenvalue weighted by Gasteiger charge is -2.18. The van der Waals surface area contributed by atoms with Crippen molar-refractivity contribution in [1.82, 2.24) is 4.90 Å². The first-order valence-electron chi connectivity index (χ1n) is 6.39. The highest BCUT2D eigenvalue weighted by Gasteiger charge is 2.32. The number of primary amides is 1. The number of nitrogens with one attached hydrogen (secondary N) is 1. The minimum atomic E-state index is -4.44. The molecule has 1 amide bonds. The molecule has 0 aliphatic carbocycles. The van der Waals surface area contributed by atoms with E-state index in [4.69, 9.17) is 22.7 Å². The van der Waals surface area contributed by atoms with E-state index in [1.165, 1.54) is 42.4 Å². The molecule has 0 spiro atoms. The van der Waals surface area contributed by atoms with Gasteiger partial charge in [-0.2, -0.15) is 13.2 Å². The minimum absolute atomic E-state index is 0.0315. The van der Waals surface area contributed by atoms with Gasteiger partial charge in [-0.05, 0) is 17.7 Å². The summed E-state index contributed by atoms with van der Waals surface area (Å²) in [5.41, 5.74) is 4.29. The van der Waals surface area contributed by atoms with Crippen molar-refractivity contribution in [2.75, 3.05) is 7.05 Å². The van der Waals surface area contributed by atoms with Gasteiger partial charge in [-0.3, -0.25) is 4.79 Å². The Balaban J connectivity index is 2.97. The lowest BCUT2D eigenvalue weighted by atomic mass is 10.1. The first-order valence-corrected chi connectivity index (χ1v) is 6.77. The lowest BCUT2D eigenvalue weighted by Crippen LogP contribution is -2.16. The lowest BCUT2D eigenvalue weighted by molar-refractivity contribution is -0.138. The van der Waals surface area contributed by atoms with Gasteiger partial charge in [0.05, 0.1) is 16.2 Å². The van der Waals surface area contributed by atoms with Crippen LogP contribution in [0.3, 0.4) is 0 Å². The largest absolute Gasteiger partial charge is 0.416 e. The van der Waals surface area contributed by atoms with E-state index in [-0.39, 0.29) is 22.7 Å². The molecule has 0 fully saturated rings. The summed E-state index contributed by atoms with van der Waals surface area (Å²) in [6, 6.07) is 5.23. The van der Waals surface area contributed by atoms with Gasteiger partial charge < -0.3 is 16.0 Å². The van der Waals surface area contributed by atoms with Crippen LogP contribution in [0.2, 0.25) is 0 Å². The Hall–Kier alpha value is -2.28. The average molecular weight is 346 g/mol. The molecule has 0 bridgehead atoms. The zero-order valence-electron chi connectivity index (χ0n) is 12.2. The summed E-state index contributed by atoms with van der Waals surface area (Å²) in [5, 5.41) is 7.09. The van der Waals surface area contributed by atoms with Crippen molar-refractivity contribution >= 4 is 23.7 Å². The van der Waals surface area contributed by atoms with Crippen LogP contribution in [0.25, 0.3) is 0 Å². The van der Waals surface area contributed by atoms with Crippen LogP contribution in [-0.4, -0.2) is 24.1 Å². The summed E-state index contributed by atoms with van der Waals surface area (Å²) in [7, 11) is 1.54. The molecule has 0 atom stereocenters. The van der Waals surface area contributed by atoms with Crippen molar-refractivity contribution in [3.8, 4) is 0 Å². The maximum absolute atomic E-state index is 12.9. The number of nitrogens with two attached hydrogens (primary N) is 1. The SMILES string of the molecule is CN(/C=C(Cl)\C=C(/C=N)C(N)=O)Cc1ccccc1C(F)(F)F. The van der Waals surface area contributed by atoms with Crippen LogP contribution in [0.5, 0.6) is 0 Å². The number of alkyl halides is 3. The first-order chi connectivity index (χ1) is 10.6. The summed E-state index contributed by atoms with van der Waals surface area (Å²) < 4.78 is 38.8. The van der Waals surface area contributed by atoms with Crippen LogP contribution >= 0.6 is 11.6 Å². The summed E-state index contributed by atoms with van der Waals surface area (Å²) in [4.78, 5) is 12.4. The molecule has 1 aromatic rings. The Morgan fingerprint density at radius 1 is 1.39 bits per heavy atom. The molecule has 0 aliphatic rings. The van der Waals surface area contributed by atoms with Crippen LogP contribution in [0.15, 0.2) is 47.1 Å². The summed E-state index contributed by atoms with van der Waals surface area (Å²) in [6.07, 6.45) is -1.17. The highest BCUT2D eigenvalue weighted by Crippen LogP contribution is 2.32. The van der Waals surface area contributed by atoms with Crippen molar-refractivity contribution in [2.24, 2.45) is 5.73 Å². The standard InChI is InChI=1S/C15H15ClF3N3O/c1-22(9-12(16)6-11(7-20)14(21)23)8-10-4-2-3-5-13(10)15(17,18)19/h2-7,9,20H,8H2,1H3,(H2,21,23)/b11-6+,12-9+,20-7?. The van der Waals surface area contributed by atoms with Crippen LogP contribution < -0.4 is 5.73 Å². The maximum atomic E-state index is 12.9. The number of halogens is 4. The van der Waals surface area contributed by atoms with Gasteiger partial charge in [-0.15, -0.1) is 0 Å². The molecule has 0 saturated heterocycles. The highest BCUT2D eigenvalue weighted by atomic mass is 35.5. The summed E-state index contributed by atoms with van der Waals surface area (Å²) in [5.74, 6) is -0.823. The Kier molecular flexibility index (Phi) is 6.38. The van der Waals surface area contributed by atoms with Gasteiger partial charge in [-0.1, -0.05) is 29.8 Å². The van der Waals surface area contributed by atoms with Gasteiger partial charge in [0.1, 0.15) is 0 Å². The van der Waals surface area contributed by atoms with E-state index in [0.29, 0.717) is 0 Å². The van der Waals surface area contributed by atoms with Gasteiger partial charge in [0.15, 0.2) is 0 Å². The van der Waals surface area contributed by atoms with E-state index in [1.54, 1.807) is 0 Å². The zero-order valence-corrected chi connectivity index (χ0v) is 12.9. The fraction of sp³-hybridized carbons (Fsp3) is 0.200. The number of allylic oxidation sites excluding steroid dienone is 2. The first kappa shape index (κ1) is 18.8. The Bertz CT molecular complexity index is 654. The number of rotatable bonds is 6. The second-order valence-corrected chi connectivity index (χ2v) is 5.13. The van der Waals surface area contributed by atoms with E-state index in [0.717, 1.165) is 12.3 Å². The number of nitrogens with zero attached hydrogens (tertiary/aromatic N) is 1. The second-order valence-electron chi connectivity index (χ2n) is 4.69. The third kappa shape index (κ3) is 5.78. The highest BCUT2D eigenvalue weighted by molar-refractivity contribution is 6.32. The molecule has 1 aromatic carbocycles. The van der Waals surface area contributed by atoms with E-state index in [2.05, 4.69) is 0 Å². The van der Waals surface area contributed by atoms with Gasteiger partial charge in [0, 0.05) is 26.0 Å². The van der Waals surface area contributed by atoms with Crippen molar-refractivity contribution in [3.63, 3.8) is 0 Å². The molecule has 23 heavy (non-hydrogen) atoms. The van der Waals surface area contributed by atoms with Crippen molar-refractivity contribution in [2.45, 2.75) is 12.7 Å². The summed E-state index contributed by atoms with van der Waals surface area (Å²) >= 11 is 5.90. The molecular weight excluding hydrogens is 331 g/mol. The third-order valence-electron chi connectivity index (χ3n) is 2.82. The van der Waals surface area contributed by atoms with E-state index >= 15 is 0 Å². The molecule has 0 radical (unpaired) electrons. The van der Waals surface area contributed by atoms with Crippen molar-refractivity contribution < 1.29 is 18.0 Å². The Morgan fingerprint density at radius 2 is 2.00 bits per heavy atom. The molecule has 1 rings (SSSR count). The van der Waals surface area contributed by atoms with Crippen LogP contribution in [-0.2, 0) is 17.5 Å². The van der Waals surface area contributed by atoms with Crippen molar-refractivity contribution in [1.29, 1.82) is 5.41 Å². The van der Waals surface area contributed by atoms with Crippen molar-refractivity contribution in [3.05, 3.63) is 58.3 Å². The minimum Gasteiger partial charge on any atom is -0.375 e. The fourth-order valence-corrected chi connectivity index (χ4v) is 2.11. The Labute approximate surface area is 136 Å². The van der Waals surface area contributed by atoms with Gasteiger partial charge in [-0.25, -0.2) is 0 Å². The molecule has 8 heteroatoms. The smallest absolute Gasteiger partial charge is 0.375 e. The summed E-state index contributed by atoms with van der Waals surface area (Å²) in [6.45, 7) is -0.0315. The topological polar surface area (TPSA) is 70.2 Å². The molecule has 0 aliphatic heterocycles. The molecular formula is C15H15ClF3N3O. The number of benzene rings is 1. The van der Waals surface area contributed by atoms with E-state index < -0.39 is 17.6 Å². The zero-order chi connectivity index (χ0) is 17.6. The second kappa shape index (κ2) is 7.82. The number of carbonyl (C=O) groups is 1. The average Bonchev–Trinajstić information content (AvgIpc) is 2.43. The molecule has 3 N–H and O–H groups in total. The van der Waals surface area contributed by atoms with Crippen LogP contribution in [0, 0.1) is 5.41 Å². The predicted octanol–water partition coefficient (Wildman–Crippen LogP) is 3.28. The molecule has 0 heterocycles. The number of carbonyl (C=O) groups excluding carboxylic acids is 1. The number of amides is 1. The van der Waals surface area contributed by atoms with Gasteiger partial charge in [0.25, 0.3) is 0 Å². The maximum Gasteiger partial charge on any atom is 0.416 e. The molecule has 124 valence electrons. The monoisotopic (exact) mass is 345 g/mol. The molecule has 4 nitrogen and oxygen atoms in total. The fourth-order valence-electron chi connectivity index (χ4n) is 1.83. The molecule has 0 unspecified atom stereocenters. The molecule has 0 aromatic heterocycles. The third-order valence-corrected chi connectivity index (χ3v) is 3.03. The van der Waals surface area contributed by atoms with Gasteiger partial charge in [0.2, 0.25) is 5.91 Å². The van der Waals surface area contributed by atoms with Crippen LogP contribution in [0.4, 0.5) is 13.2 Å². The number of hydrogen-bond donors (Lipinski definition) is 2.